The van der Waals surface area contributed by atoms with Gasteiger partial charge in [0.1, 0.15) is 5.75 Å². The van der Waals surface area contributed by atoms with Gasteiger partial charge in [-0.2, -0.15) is 0 Å². The lowest BCUT2D eigenvalue weighted by Crippen LogP contribution is -2.43. The van der Waals surface area contributed by atoms with Crippen molar-refractivity contribution in [2.45, 2.75) is 61.0 Å². The number of nitrogens with one attached hydrogen (secondary N) is 1. The van der Waals surface area contributed by atoms with E-state index in [1.165, 1.54) is 5.56 Å². The lowest BCUT2D eigenvalue weighted by molar-refractivity contribution is 0.492. The van der Waals surface area contributed by atoms with Crippen molar-refractivity contribution in [1.29, 1.82) is 0 Å². The van der Waals surface area contributed by atoms with Crippen LogP contribution < -0.4 is 9.74 Å². The van der Waals surface area contributed by atoms with Crippen molar-refractivity contribution in [2.75, 3.05) is 13.1 Å². The van der Waals surface area contributed by atoms with E-state index >= 15 is 0 Å². The minimum atomic E-state index is -3.53. The molecule has 1 heterocycles. The molecular weight excluding hydrogens is 386 g/mol. The molecule has 0 saturated carbocycles. The van der Waals surface area contributed by atoms with Crippen molar-refractivity contribution in [3.05, 3.63) is 54.1 Å². The molecule has 4 nitrogen and oxygen atoms in total. The summed E-state index contributed by atoms with van der Waals surface area (Å²) in [5.41, 5.74) is 1.20. The van der Waals surface area contributed by atoms with E-state index in [2.05, 4.69) is 39.2 Å². The van der Waals surface area contributed by atoms with Crippen LogP contribution in [0.15, 0.2) is 58.3 Å². The molecule has 1 atom stereocenters. The number of hydrogen-bond acceptors (Lipinski definition) is 4. The van der Waals surface area contributed by atoms with Gasteiger partial charge in [0.05, 0.1) is 9.79 Å². The van der Waals surface area contributed by atoms with Crippen LogP contribution in [0.4, 0.5) is 0 Å². The molecule has 0 aliphatic carbocycles. The Morgan fingerprint density at radius 2 is 1.50 bits per heavy atom. The summed E-state index contributed by atoms with van der Waals surface area (Å²) in [6, 6.07) is 14.2. The molecule has 0 bridgehead atoms. The van der Waals surface area contributed by atoms with Crippen molar-refractivity contribution in [1.82, 2.24) is 5.32 Å². The molecule has 0 spiro atoms. The van der Waals surface area contributed by atoms with Crippen LogP contribution in [0.5, 0.6) is 5.75 Å². The highest BCUT2D eigenvalue weighted by Gasteiger charge is 2.39. The predicted octanol–water partition coefficient (Wildman–Crippen LogP) is 4.98. The van der Waals surface area contributed by atoms with Gasteiger partial charge in [0.2, 0.25) is 18.2 Å². The van der Waals surface area contributed by atoms with Gasteiger partial charge < -0.3 is 9.74 Å². The summed E-state index contributed by atoms with van der Waals surface area (Å²) < 4.78 is 32.2. The molecule has 1 fully saturated rings. The smallest absolute Gasteiger partial charge is 0.250 e. The third-order valence-corrected chi connectivity index (χ3v) is 12.2. The normalized spacial score (nSPS) is 18.2. The number of sulfone groups is 1. The van der Waals surface area contributed by atoms with Crippen LogP contribution in [-0.2, 0) is 9.84 Å². The molecule has 6 heteroatoms. The van der Waals surface area contributed by atoms with E-state index in [0.717, 1.165) is 25.3 Å². The minimum Gasteiger partial charge on any atom is -0.544 e. The summed E-state index contributed by atoms with van der Waals surface area (Å²) in [6.07, 6.45) is 1.10. The van der Waals surface area contributed by atoms with Gasteiger partial charge in [0.15, 0.2) is 0 Å². The maximum Gasteiger partial charge on any atom is 0.250 e. The topological polar surface area (TPSA) is 55.4 Å². The summed E-state index contributed by atoms with van der Waals surface area (Å²) in [5.74, 6) is 1.21. The average Bonchev–Trinajstić information content (AvgIpc) is 3.16. The Kier molecular flexibility index (Phi) is 5.76. The predicted molar refractivity (Wildman–Crippen MR) is 116 cm³/mol. The SMILES string of the molecule is CC(C)(C)[Si](C)(C)Oc1ccc(S(=O)(=O)c2ccc([C@@H]3CCNC3)cc2)cc1. The minimum absolute atomic E-state index is 0.0916. The van der Waals surface area contributed by atoms with E-state index in [4.69, 9.17) is 4.43 Å². The summed E-state index contributed by atoms with van der Waals surface area (Å²) in [6.45, 7) is 12.9. The molecule has 3 rings (SSSR count). The van der Waals surface area contributed by atoms with Crippen molar-refractivity contribution < 1.29 is 12.8 Å². The highest BCUT2D eigenvalue weighted by molar-refractivity contribution is 7.91. The maximum atomic E-state index is 13.0. The van der Waals surface area contributed by atoms with Gasteiger partial charge in [-0.1, -0.05) is 32.9 Å². The lowest BCUT2D eigenvalue weighted by atomic mass is 9.99. The molecule has 0 amide bonds. The molecule has 1 aliphatic rings. The molecular formula is C22H31NO3SSi. The second-order valence-corrected chi connectivity index (χ2v) is 15.8. The van der Waals surface area contributed by atoms with Crippen molar-refractivity contribution in [3.8, 4) is 5.75 Å². The van der Waals surface area contributed by atoms with Gasteiger partial charge in [-0.25, -0.2) is 8.42 Å². The molecule has 0 unspecified atom stereocenters. The number of benzene rings is 2. The lowest BCUT2D eigenvalue weighted by Gasteiger charge is -2.36. The Hall–Kier alpha value is -1.63. The van der Waals surface area contributed by atoms with E-state index in [1.54, 1.807) is 36.4 Å². The third kappa shape index (κ3) is 4.34. The van der Waals surface area contributed by atoms with E-state index in [0.29, 0.717) is 15.7 Å². The molecule has 28 heavy (non-hydrogen) atoms. The molecule has 2 aromatic carbocycles. The first-order valence-electron chi connectivity index (χ1n) is 9.85. The van der Waals surface area contributed by atoms with E-state index in [1.807, 2.05) is 12.1 Å². The summed E-state index contributed by atoms with van der Waals surface area (Å²) in [5, 5.41) is 3.44. The standard InChI is InChI=1S/C22H31NO3SSi/c1-22(2,3)28(4,5)26-19-8-12-21(13-9-19)27(24,25)20-10-6-17(7-11-20)18-14-15-23-16-18/h6-13,18,23H,14-16H2,1-5H3/t18-/m1/s1. The number of hydrogen-bond donors (Lipinski definition) is 1. The Morgan fingerprint density at radius 1 is 0.964 bits per heavy atom. The molecule has 0 aromatic heterocycles. The first-order chi connectivity index (χ1) is 13.0. The van der Waals surface area contributed by atoms with Gasteiger partial charge in [0, 0.05) is 6.54 Å². The first-order valence-corrected chi connectivity index (χ1v) is 14.2. The van der Waals surface area contributed by atoms with Crippen LogP contribution in [0.1, 0.15) is 38.7 Å². The Labute approximate surface area is 170 Å². The molecule has 2 aromatic rings. The summed E-state index contributed by atoms with van der Waals surface area (Å²) in [7, 11) is -5.47. The Bertz CT molecular complexity index is 908. The fourth-order valence-electron chi connectivity index (χ4n) is 3.13. The monoisotopic (exact) mass is 417 g/mol. The average molecular weight is 418 g/mol. The molecule has 1 N–H and O–H groups in total. The van der Waals surface area contributed by atoms with E-state index < -0.39 is 18.2 Å². The fraction of sp³-hybridized carbons (Fsp3) is 0.455. The van der Waals surface area contributed by atoms with Crippen LogP contribution in [0.2, 0.25) is 18.1 Å². The summed E-state index contributed by atoms with van der Waals surface area (Å²) in [4.78, 5) is 0.630. The van der Waals surface area contributed by atoms with Crippen LogP contribution in [0.3, 0.4) is 0 Å². The molecule has 1 aliphatic heterocycles. The van der Waals surface area contributed by atoms with Crippen LogP contribution in [0.25, 0.3) is 0 Å². The van der Waals surface area contributed by atoms with Crippen molar-refractivity contribution >= 4 is 18.2 Å². The van der Waals surface area contributed by atoms with Gasteiger partial charge in [-0.3, -0.25) is 0 Å². The van der Waals surface area contributed by atoms with Crippen molar-refractivity contribution in [3.63, 3.8) is 0 Å². The second-order valence-electron chi connectivity index (χ2n) is 9.10. The maximum absolute atomic E-state index is 13.0. The van der Waals surface area contributed by atoms with Gasteiger partial charge in [0.25, 0.3) is 0 Å². The first kappa shape index (κ1) is 21.1. The largest absolute Gasteiger partial charge is 0.544 e. The van der Waals surface area contributed by atoms with Crippen LogP contribution >= 0.6 is 0 Å². The molecule has 0 radical (unpaired) electrons. The second kappa shape index (κ2) is 7.65. The third-order valence-electron chi connectivity index (χ3n) is 6.04. The van der Waals surface area contributed by atoms with Crippen LogP contribution in [0, 0.1) is 0 Å². The zero-order chi connectivity index (χ0) is 20.6. The van der Waals surface area contributed by atoms with E-state index in [-0.39, 0.29) is 5.04 Å². The molecule has 1 saturated heterocycles. The zero-order valence-electron chi connectivity index (χ0n) is 17.5. The number of rotatable bonds is 5. The quantitative estimate of drug-likeness (QED) is 0.697. The van der Waals surface area contributed by atoms with Gasteiger partial charge in [-0.15, -0.1) is 0 Å². The zero-order valence-corrected chi connectivity index (χ0v) is 19.3. The Balaban J connectivity index is 1.78. The van der Waals surface area contributed by atoms with E-state index in [9.17, 15) is 8.42 Å². The highest BCUT2D eigenvalue weighted by Crippen LogP contribution is 2.37. The fourth-order valence-corrected chi connectivity index (χ4v) is 5.42. The summed E-state index contributed by atoms with van der Waals surface area (Å²) >= 11 is 0. The van der Waals surface area contributed by atoms with Crippen molar-refractivity contribution in [2.24, 2.45) is 0 Å². The highest BCUT2D eigenvalue weighted by atomic mass is 32.2. The Morgan fingerprint density at radius 3 is 1.96 bits per heavy atom. The van der Waals surface area contributed by atoms with Crippen LogP contribution in [-0.4, -0.2) is 29.8 Å². The van der Waals surface area contributed by atoms with Gasteiger partial charge in [-0.05, 0) is 79.0 Å². The van der Waals surface area contributed by atoms with Gasteiger partial charge >= 0.3 is 0 Å². The molecule has 152 valence electrons.